The van der Waals surface area contributed by atoms with Gasteiger partial charge in [-0.25, -0.2) is 10.8 Å². The van der Waals surface area contributed by atoms with Crippen LogP contribution in [0.3, 0.4) is 0 Å². The van der Waals surface area contributed by atoms with E-state index in [4.69, 9.17) is 20.1 Å². The Bertz CT molecular complexity index is 553. The molecule has 6 heteroatoms. The number of anilines is 1. The lowest BCUT2D eigenvalue weighted by molar-refractivity contribution is 0.266. The van der Waals surface area contributed by atoms with Gasteiger partial charge in [0, 0.05) is 11.8 Å². The Labute approximate surface area is 117 Å². The second-order valence-corrected chi connectivity index (χ2v) is 3.94. The van der Waals surface area contributed by atoms with E-state index in [-0.39, 0.29) is 0 Å². The van der Waals surface area contributed by atoms with E-state index in [0.29, 0.717) is 29.7 Å². The Morgan fingerprint density at radius 1 is 1.10 bits per heavy atom. The van der Waals surface area contributed by atoms with Crippen LogP contribution in [0.1, 0.15) is 5.56 Å². The summed E-state index contributed by atoms with van der Waals surface area (Å²) in [7, 11) is 3.16. The van der Waals surface area contributed by atoms with Crippen LogP contribution in [0.4, 0.5) is 5.82 Å². The first-order valence-corrected chi connectivity index (χ1v) is 6.04. The maximum absolute atomic E-state index is 5.79. The SMILES string of the molecule is COc1cccc(OC)c1OCc1cccnc1NN. The maximum atomic E-state index is 5.79. The average Bonchev–Trinajstić information content (AvgIpc) is 2.52. The highest BCUT2D eigenvalue weighted by molar-refractivity contribution is 5.51. The lowest BCUT2D eigenvalue weighted by Gasteiger charge is -2.15. The Hall–Kier alpha value is -2.47. The van der Waals surface area contributed by atoms with Crippen molar-refractivity contribution >= 4 is 5.82 Å². The highest BCUT2D eigenvalue weighted by atomic mass is 16.5. The molecule has 0 saturated carbocycles. The molecule has 1 aromatic carbocycles. The number of benzene rings is 1. The van der Waals surface area contributed by atoms with E-state index >= 15 is 0 Å². The minimum Gasteiger partial charge on any atom is -0.493 e. The van der Waals surface area contributed by atoms with Gasteiger partial charge < -0.3 is 19.6 Å². The van der Waals surface area contributed by atoms with Crippen molar-refractivity contribution in [2.45, 2.75) is 6.61 Å². The zero-order valence-electron chi connectivity index (χ0n) is 11.4. The lowest BCUT2D eigenvalue weighted by atomic mass is 10.2. The molecular weight excluding hydrogens is 258 g/mol. The summed E-state index contributed by atoms with van der Waals surface area (Å²) in [5, 5.41) is 0. The molecule has 106 valence electrons. The Morgan fingerprint density at radius 2 is 1.80 bits per heavy atom. The van der Waals surface area contributed by atoms with Gasteiger partial charge in [-0.15, -0.1) is 0 Å². The molecule has 0 bridgehead atoms. The monoisotopic (exact) mass is 275 g/mol. The van der Waals surface area contributed by atoms with Gasteiger partial charge in [-0.2, -0.15) is 0 Å². The minimum atomic E-state index is 0.296. The number of para-hydroxylation sites is 1. The molecule has 0 aliphatic heterocycles. The Kier molecular flexibility index (Phi) is 4.62. The topological polar surface area (TPSA) is 78.6 Å². The molecule has 20 heavy (non-hydrogen) atoms. The number of ether oxygens (including phenoxy) is 3. The number of aromatic nitrogens is 1. The van der Waals surface area contributed by atoms with Crippen molar-refractivity contribution in [3.63, 3.8) is 0 Å². The fourth-order valence-corrected chi connectivity index (χ4v) is 1.79. The molecule has 0 radical (unpaired) electrons. The fourth-order valence-electron chi connectivity index (χ4n) is 1.79. The number of nitrogen functional groups attached to an aromatic ring is 1. The van der Waals surface area contributed by atoms with Crippen LogP contribution < -0.4 is 25.5 Å². The van der Waals surface area contributed by atoms with E-state index in [9.17, 15) is 0 Å². The summed E-state index contributed by atoms with van der Waals surface area (Å²) in [5.41, 5.74) is 3.37. The zero-order valence-corrected chi connectivity index (χ0v) is 11.4. The number of hydrogen-bond acceptors (Lipinski definition) is 6. The van der Waals surface area contributed by atoms with Gasteiger partial charge in [0.25, 0.3) is 0 Å². The number of rotatable bonds is 6. The minimum absolute atomic E-state index is 0.296. The standard InChI is InChI=1S/C14H17N3O3/c1-18-11-6-3-7-12(19-2)13(11)20-9-10-5-4-8-16-14(10)17-15/h3-8H,9,15H2,1-2H3,(H,16,17). The lowest BCUT2D eigenvalue weighted by Crippen LogP contribution is -2.12. The average molecular weight is 275 g/mol. The van der Waals surface area contributed by atoms with E-state index in [0.717, 1.165) is 5.56 Å². The number of nitrogens with two attached hydrogens (primary N) is 1. The number of nitrogens with one attached hydrogen (secondary N) is 1. The molecule has 0 unspecified atom stereocenters. The number of methoxy groups -OCH3 is 2. The van der Waals surface area contributed by atoms with Crippen LogP contribution >= 0.6 is 0 Å². The molecule has 3 N–H and O–H groups in total. The maximum Gasteiger partial charge on any atom is 0.203 e. The number of hydrazine groups is 1. The molecule has 0 aliphatic carbocycles. The van der Waals surface area contributed by atoms with Crippen LogP contribution in [0.5, 0.6) is 17.2 Å². The summed E-state index contributed by atoms with van der Waals surface area (Å²) < 4.78 is 16.3. The van der Waals surface area contributed by atoms with E-state index in [1.165, 1.54) is 0 Å². The molecule has 1 aromatic heterocycles. The first kappa shape index (κ1) is 14.0. The highest BCUT2D eigenvalue weighted by Gasteiger charge is 2.12. The van der Waals surface area contributed by atoms with Gasteiger partial charge in [0.15, 0.2) is 11.5 Å². The van der Waals surface area contributed by atoms with Gasteiger partial charge in [0.05, 0.1) is 14.2 Å². The van der Waals surface area contributed by atoms with E-state index in [1.54, 1.807) is 20.4 Å². The van der Waals surface area contributed by atoms with E-state index in [2.05, 4.69) is 10.4 Å². The normalized spacial score (nSPS) is 9.95. The fraction of sp³-hybridized carbons (Fsp3) is 0.214. The first-order valence-electron chi connectivity index (χ1n) is 6.04. The van der Waals surface area contributed by atoms with Gasteiger partial charge >= 0.3 is 0 Å². The molecule has 1 heterocycles. The van der Waals surface area contributed by atoms with Gasteiger partial charge in [0.2, 0.25) is 5.75 Å². The van der Waals surface area contributed by atoms with Gasteiger partial charge in [-0.1, -0.05) is 12.1 Å². The second-order valence-electron chi connectivity index (χ2n) is 3.94. The molecule has 6 nitrogen and oxygen atoms in total. The number of hydrogen-bond donors (Lipinski definition) is 2. The van der Waals surface area contributed by atoms with Crippen molar-refractivity contribution in [1.82, 2.24) is 4.98 Å². The molecule has 0 fully saturated rings. The van der Waals surface area contributed by atoms with Crippen molar-refractivity contribution in [3.8, 4) is 17.2 Å². The summed E-state index contributed by atoms with van der Waals surface area (Å²) in [6, 6.07) is 9.15. The summed E-state index contributed by atoms with van der Waals surface area (Å²) in [5.74, 6) is 7.74. The van der Waals surface area contributed by atoms with Crippen LogP contribution in [0.15, 0.2) is 36.5 Å². The highest BCUT2D eigenvalue weighted by Crippen LogP contribution is 2.37. The van der Waals surface area contributed by atoms with Gasteiger partial charge in [0.1, 0.15) is 12.4 Å². The predicted octanol–water partition coefficient (Wildman–Crippen LogP) is 1.96. The van der Waals surface area contributed by atoms with Gasteiger partial charge in [-0.3, -0.25) is 0 Å². The smallest absolute Gasteiger partial charge is 0.203 e. The Balaban J connectivity index is 2.22. The van der Waals surface area contributed by atoms with Crippen LogP contribution in [0.2, 0.25) is 0 Å². The molecule has 0 amide bonds. The molecule has 0 saturated heterocycles. The third-order valence-electron chi connectivity index (χ3n) is 2.78. The van der Waals surface area contributed by atoms with Crippen molar-refractivity contribution in [2.24, 2.45) is 5.84 Å². The van der Waals surface area contributed by atoms with Gasteiger partial charge in [-0.05, 0) is 18.2 Å². The van der Waals surface area contributed by atoms with Crippen LogP contribution in [-0.2, 0) is 6.61 Å². The number of nitrogens with zero attached hydrogens (tertiary/aromatic N) is 1. The summed E-state index contributed by atoms with van der Waals surface area (Å²) in [6.45, 7) is 0.296. The van der Waals surface area contributed by atoms with Crippen molar-refractivity contribution < 1.29 is 14.2 Å². The summed E-state index contributed by atoms with van der Waals surface area (Å²) in [6.07, 6.45) is 1.66. The largest absolute Gasteiger partial charge is 0.493 e. The Morgan fingerprint density at radius 3 is 2.40 bits per heavy atom. The third kappa shape index (κ3) is 2.92. The summed E-state index contributed by atoms with van der Waals surface area (Å²) in [4.78, 5) is 4.12. The predicted molar refractivity (Wildman–Crippen MR) is 75.9 cm³/mol. The van der Waals surface area contributed by atoms with E-state index in [1.807, 2.05) is 30.3 Å². The van der Waals surface area contributed by atoms with Crippen molar-refractivity contribution in [2.75, 3.05) is 19.6 Å². The molecule has 2 aromatic rings. The van der Waals surface area contributed by atoms with Crippen LogP contribution in [0.25, 0.3) is 0 Å². The molecule has 0 aliphatic rings. The summed E-state index contributed by atoms with van der Waals surface area (Å²) >= 11 is 0. The van der Waals surface area contributed by atoms with Crippen molar-refractivity contribution in [1.29, 1.82) is 0 Å². The van der Waals surface area contributed by atoms with Crippen LogP contribution in [-0.4, -0.2) is 19.2 Å². The molecule has 0 atom stereocenters. The quantitative estimate of drug-likeness (QED) is 0.620. The zero-order chi connectivity index (χ0) is 14.4. The second kappa shape index (κ2) is 6.63. The number of pyridine rings is 1. The molecular formula is C14H17N3O3. The first-order chi connectivity index (χ1) is 9.80. The van der Waals surface area contributed by atoms with E-state index < -0.39 is 0 Å². The third-order valence-corrected chi connectivity index (χ3v) is 2.78. The van der Waals surface area contributed by atoms with Crippen LogP contribution in [0, 0.1) is 0 Å². The van der Waals surface area contributed by atoms with Crippen molar-refractivity contribution in [3.05, 3.63) is 42.1 Å². The molecule has 2 rings (SSSR count). The molecule has 0 spiro atoms.